The van der Waals surface area contributed by atoms with Crippen molar-refractivity contribution >= 4 is 17.8 Å². The first-order valence-electron chi connectivity index (χ1n) is 8.37. The zero-order valence-corrected chi connectivity index (χ0v) is 13.5. The van der Waals surface area contributed by atoms with E-state index in [9.17, 15) is 19.5 Å². The Bertz CT molecular complexity index is 638. The van der Waals surface area contributed by atoms with E-state index in [1.165, 1.54) is 0 Å². The number of carboxylic acids is 1. The van der Waals surface area contributed by atoms with Gasteiger partial charge >= 0.3 is 5.97 Å². The van der Waals surface area contributed by atoms with Gasteiger partial charge in [-0.05, 0) is 18.4 Å². The lowest BCUT2D eigenvalue weighted by Crippen LogP contribution is -2.54. The predicted molar refractivity (Wildman–Crippen MR) is 86.9 cm³/mol. The van der Waals surface area contributed by atoms with Crippen molar-refractivity contribution in [1.82, 2.24) is 10.2 Å². The topological polar surface area (TPSA) is 86.7 Å². The van der Waals surface area contributed by atoms with Crippen molar-refractivity contribution in [2.24, 2.45) is 5.92 Å². The van der Waals surface area contributed by atoms with Crippen LogP contribution in [0.25, 0.3) is 0 Å². The van der Waals surface area contributed by atoms with Gasteiger partial charge in [-0.15, -0.1) is 0 Å². The average molecular weight is 330 g/mol. The van der Waals surface area contributed by atoms with Gasteiger partial charge in [-0.2, -0.15) is 0 Å². The maximum Gasteiger partial charge on any atom is 0.329 e. The Morgan fingerprint density at radius 1 is 1.21 bits per heavy atom. The number of hydrogen-bond acceptors (Lipinski definition) is 3. The number of carbonyl (C=O) groups excluding carboxylic acids is 2. The van der Waals surface area contributed by atoms with Crippen LogP contribution in [0.3, 0.4) is 0 Å². The molecule has 0 bridgehead atoms. The molecule has 1 aliphatic heterocycles. The Kier molecular flexibility index (Phi) is 4.55. The molecule has 2 amide bonds. The highest BCUT2D eigenvalue weighted by atomic mass is 16.4. The molecule has 1 aromatic carbocycles. The van der Waals surface area contributed by atoms with E-state index in [-0.39, 0.29) is 18.2 Å². The van der Waals surface area contributed by atoms with Crippen molar-refractivity contribution in [3.05, 3.63) is 35.9 Å². The first-order chi connectivity index (χ1) is 11.5. The summed E-state index contributed by atoms with van der Waals surface area (Å²) in [4.78, 5) is 37.9. The predicted octanol–water partition coefficient (Wildman–Crippen LogP) is 1.55. The van der Waals surface area contributed by atoms with Crippen LogP contribution in [0.1, 0.15) is 37.7 Å². The van der Waals surface area contributed by atoms with Crippen LogP contribution in [-0.2, 0) is 20.9 Å². The van der Waals surface area contributed by atoms with Gasteiger partial charge in [0.2, 0.25) is 11.8 Å². The molecule has 6 nitrogen and oxygen atoms in total. The molecule has 3 rings (SSSR count). The minimum atomic E-state index is -1.15. The van der Waals surface area contributed by atoms with Gasteiger partial charge in [-0.25, -0.2) is 4.79 Å². The summed E-state index contributed by atoms with van der Waals surface area (Å²) in [6, 6.07) is 9.63. The Hall–Kier alpha value is -2.37. The fraction of sp³-hybridized carbons (Fsp3) is 0.500. The van der Waals surface area contributed by atoms with Crippen LogP contribution < -0.4 is 5.32 Å². The quantitative estimate of drug-likeness (QED) is 0.857. The second kappa shape index (κ2) is 6.63. The molecule has 2 aliphatic rings. The molecule has 0 aromatic heterocycles. The second-order valence-electron chi connectivity index (χ2n) is 6.74. The zero-order valence-electron chi connectivity index (χ0n) is 13.5. The van der Waals surface area contributed by atoms with Crippen LogP contribution in [0.4, 0.5) is 0 Å². The van der Waals surface area contributed by atoms with Crippen molar-refractivity contribution in [2.45, 2.75) is 44.2 Å². The fourth-order valence-electron chi connectivity index (χ4n) is 3.61. The first kappa shape index (κ1) is 16.5. The highest BCUT2D eigenvalue weighted by Gasteiger charge is 2.45. The Balaban J connectivity index is 1.62. The highest BCUT2D eigenvalue weighted by Crippen LogP contribution is 2.31. The number of nitrogens with zero attached hydrogens (tertiary/aromatic N) is 1. The molecule has 1 saturated heterocycles. The van der Waals surface area contributed by atoms with Crippen molar-refractivity contribution in [3.63, 3.8) is 0 Å². The monoisotopic (exact) mass is 330 g/mol. The maximum atomic E-state index is 12.5. The summed E-state index contributed by atoms with van der Waals surface area (Å²) in [5.41, 5.74) is -0.128. The Morgan fingerprint density at radius 3 is 2.50 bits per heavy atom. The third-order valence-electron chi connectivity index (χ3n) is 5.03. The van der Waals surface area contributed by atoms with Crippen LogP contribution >= 0.6 is 0 Å². The first-order valence-corrected chi connectivity index (χ1v) is 8.37. The van der Waals surface area contributed by atoms with Gasteiger partial charge < -0.3 is 15.3 Å². The molecule has 1 atom stereocenters. The molecule has 2 N–H and O–H groups in total. The number of nitrogens with one attached hydrogen (secondary N) is 1. The minimum absolute atomic E-state index is 0.0604. The Labute approximate surface area is 140 Å². The van der Waals surface area contributed by atoms with Gasteiger partial charge in [0.25, 0.3) is 0 Å². The molecule has 24 heavy (non-hydrogen) atoms. The summed E-state index contributed by atoms with van der Waals surface area (Å²) in [5.74, 6) is -1.82. The maximum absolute atomic E-state index is 12.5. The van der Waals surface area contributed by atoms with Gasteiger partial charge in [0, 0.05) is 19.5 Å². The van der Waals surface area contributed by atoms with Crippen molar-refractivity contribution in [3.8, 4) is 0 Å². The largest absolute Gasteiger partial charge is 0.480 e. The summed E-state index contributed by atoms with van der Waals surface area (Å²) in [6.45, 7) is 0.822. The van der Waals surface area contributed by atoms with Gasteiger partial charge in [-0.3, -0.25) is 9.59 Å². The number of hydrogen-bond donors (Lipinski definition) is 2. The molecule has 1 unspecified atom stereocenters. The summed E-state index contributed by atoms with van der Waals surface area (Å²) >= 11 is 0. The molecule has 1 heterocycles. The Morgan fingerprint density at radius 2 is 1.88 bits per heavy atom. The van der Waals surface area contributed by atoms with Gasteiger partial charge in [0.1, 0.15) is 5.54 Å². The molecule has 1 aliphatic carbocycles. The van der Waals surface area contributed by atoms with E-state index in [4.69, 9.17) is 0 Å². The van der Waals surface area contributed by atoms with E-state index >= 15 is 0 Å². The molecular formula is C18H22N2O4. The van der Waals surface area contributed by atoms with Crippen LogP contribution in [-0.4, -0.2) is 39.9 Å². The van der Waals surface area contributed by atoms with E-state index in [0.717, 1.165) is 18.4 Å². The van der Waals surface area contributed by atoms with Gasteiger partial charge in [-0.1, -0.05) is 43.2 Å². The van der Waals surface area contributed by atoms with Crippen molar-refractivity contribution < 1.29 is 19.5 Å². The van der Waals surface area contributed by atoms with E-state index in [1.54, 1.807) is 4.90 Å². The number of carbonyl (C=O) groups is 3. The van der Waals surface area contributed by atoms with Crippen LogP contribution in [0.15, 0.2) is 30.3 Å². The highest BCUT2D eigenvalue weighted by molar-refractivity contribution is 5.92. The summed E-state index contributed by atoms with van der Waals surface area (Å²) in [5, 5.41) is 12.2. The molecular weight excluding hydrogens is 308 g/mol. The standard InChI is InChI=1S/C18H22N2O4/c21-15-10-14(12-20(15)11-13-6-2-1-3-7-13)16(22)19-18(17(23)24)8-4-5-9-18/h1-3,6-7,14H,4-5,8-12H2,(H,19,22)(H,23,24). The van der Waals surface area contributed by atoms with E-state index in [2.05, 4.69) is 5.32 Å². The third-order valence-corrected chi connectivity index (χ3v) is 5.03. The van der Waals surface area contributed by atoms with Gasteiger partial charge in [0.05, 0.1) is 5.92 Å². The number of likely N-dealkylation sites (tertiary alicyclic amines) is 1. The number of amides is 2. The average Bonchev–Trinajstić information content (AvgIpc) is 3.17. The second-order valence-corrected chi connectivity index (χ2v) is 6.74. The smallest absolute Gasteiger partial charge is 0.329 e. The van der Waals surface area contributed by atoms with E-state index in [1.807, 2.05) is 30.3 Å². The molecule has 128 valence electrons. The van der Waals surface area contributed by atoms with Crippen molar-refractivity contribution in [1.29, 1.82) is 0 Å². The molecule has 6 heteroatoms. The lowest BCUT2D eigenvalue weighted by molar-refractivity contribution is -0.148. The van der Waals surface area contributed by atoms with E-state index < -0.39 is 17.4 Å². The molecule has 0 radical (unpaired) electrons. The fourth-order valence-corrected chi connectivity index (χ4v) is 3.61. The SMILES string of the molecule is O=C(NC1(C(=O)O)CCCC1)C1CC(=O)N(Cc2ccccc2)C1. The lowest BCUT2D eigenvalue weighted by atomic mass is 9.96. The number of aliphatic carboxylic acids is 1. The molecule has 0 spiro atoms. The van der Waals surface area contributed by atoms with Gasteiger partial charge in [0.15, 0.2) is 0 Å². The van der Waals surface area contributed by atoms with Crippen LogP contribution in [0.2, 0.25) is 0 Å². The number of benzene rings is 1. The van der Waals surface area contributed by atoms with Crippen LogP contribution in [0, 0.1) is 5.92 Å². The number of rotatable bonds is 5. The molecule has 1 saturated carbocycles. The summed E-state index contributed by atoms with van der Waals surface area (Å²) in [7, 11) is 0. The summed E-state index contributed by atoms with van der Waals surface area (Å²) < 4.78 is 0. The molecule has 2 fully saturated rings. The number of carboxylic acid groups (broad SMARTS) is 1. The van der Waals surface area contributed by atoms with E-state index in [0.29, 0.717) is 25.9 Å². The lowest BCUT2D eigenvalue weighted by Gasteiger charge is -2.27. The summed E-state index contributed by atoms with van der Waals surface area (Å²) in [6.07, 6.45) is 2.67. The van der Waals surface area contributed by atoms with Crippen molar-refractivity contribution in [2.75, 3.05) is 6.54 Å². The zero-order chi connectivity index (χ0) is 17.2. The normalized spacial score (nSPS) is 22.6. The third kappa shape index (κ3) is 3.27. The van der Waals surface area contributed by atoms with Crippen LogP contribution in [0.5, 0.6) is 0 Å². The minimum Gasteiger partial charge on any atom is -0.480 e. The molecule has 1 aromatic rings.